The summed E-state index contributed by atoms with van der Waals surface area (Å²) in [6.45, 7) is 0. The molecule has 0 aliphatic rings. The van der Waals surface area contributed by atoms with Crippen LogP contribution in [-0.2, 0) is 9.90 Å². The second-order valence-electron chi connectivity index (χ2n) is 1.11. The molecule has 0 aromatic rings. The molecule has 0 bridgehead atoms. The van der Waals surface area contributed by atoms with Gasteiger partial charge in [0.05, 0.1) is 0 Å². The Hall–Kier alpha value is -0.220. The first-order chi connectivity index (χ1) is 3.18. The summed E-state index contributed by atoms with van der Waals surface area (Å²) in [6, 6.07) is -0.927. The molecule has 0 saturated carbocycles. The lowest BCUT2D eigenvalue weighted by Gasteiger charge is -1.93. The third kappa shape index (κ3) is 2.47. The highest BCUT2D eigenvalue weighted by molar-refractivity contribution is 7.80. The van der Waals surface area contributed by atoms with Gasteiger partial charge < -0.3 is 5.73 Å². The van der Waals surface area contributed by atoms with Crippen LogP contribution in [0, 0.1) is 0 Å². The van der Waals surface area contributed by atoms with Crippen LogP contribution in [0.5, 0.6) is 0 Å². The highest BCUT2D eigenvalue weighted by Gasteiger charge is 2.09. The lowest BCUT2D eigenvalue weighted by Crippen LogP contribution is -2.30. The average molecular weight is 120 g/mol. The Morgan fingerprint density at radius 2 is 2.29 bits per heavy atom. The average Bonchev–Trinajstić information content (AvgIpc) is 1.65. The van der Waals surface area contributed by atoms with Gasteiger partial charge in [-0.1, -0.05) is 0 Å². The zero-order chi connectivity index (χ0) is 5.86. The fourth-order valence-corrected chi connectivity index (χ4v) is 0.224. The summed E-state index contributed by atoms with van der Waals surface area (Å²) in [7, 11) is 0. The van der Waals surface area contributed by atoms with E-state index in [1.807, 2.05) is 0 Å². The maximum atomic E-state index is 9.65. The Bertz CT molecular complexity index is 75.3. The first-order valence-electron chi connectivity index (χ1n) is 1.75. The minimum Gasteiger partial charge on any atom is -0.318 e. The number of carbonyl (C=O) groups excluding carboxylic acids is 1. The number of nitrogens with two attached hydrogens (primary N) is 1. The lowest BCUT2D eigenvalue weighted by atomic mass is 10.4. The van der Waals surface area contributed by atoms with E-state index >= 15 is 0 Å². The molecule has 7 heavy (non-hydrogen) atoms. The van der Waals surface area contributed by atoms with Gasteiger partial charge in [0.2, 0.25) is 0 Å². The number of hydrogen-bond donors (Lipinski definition) is 2. The van der Waals surface area contributed by atoms with Crippen molar-refractivity contribution < 1.29 is 9.90 Å². The van der Waals surface area contributed by atoms with Crippen LogP contribution < -0.4 is 5.73 Å². The van der Waals surface area contributed by atoms with Crippen LogP contribution >= 0.6 is 12.6 Å². The number of hydrogen-bond acceptors (Lipinski definition) is 3. The van der Waals surface area contributed by atoms with E-state index in [9.17, 15) is 9.90 Å². The van der Waals surface area contributed by atoms with E-state index in [4.69, 9.17) is 5.73 Å². The van der Waals surface area contributed by atoms with Gasteiger partial charge in [0.25, 0.3) is 0 Å². The fourth-order valence-electron chi connectivity index (χ4n) is 0.0745. The second-order valence-corrected chi connectivity index (χ2v) is 1.47. The molecule has 0 saturated heterocycles. The van der Waals surface area contributed by atoms with Crippen molar-refractivity contribution in [3.8, 4) is 0 Å². The summed E-state index contributed by atoms with van der Waals surface area (Å²) in [6.07, 6.45) is 0. The molecule has 0 aliphatic carbocycles. The Labute approximate surface area is 46.9 Å². The molecule has 0 aliphatic heterocycles. The van der Waals surface area contributed by atoms with Crippen molar-refractivity contribution in [3.63, 3.8) is 0 Å². The minimum atomic E-state index is -1.25. The molecule has 0 heterocycles. The van der Waals surface area contributed by atoms with Crippen molar-refractivity contribution in [3.05, 3.63) is 0 Å². The van der Waals surface area contributed by atoms with Gasteiger partial charge in [0.15, 0.2) is 0 Å². The fraction of sp³-hybridized carbons (Fsp3) is 0.667. The molecule has 0 aromatic carbocycles. The topological polar surface area (TPSA) is 63.0 Å². The number of rotatable bonds is 2. The molecular weight excluding hydrogens is 114 g/mol. The van der Waals surface area contributed by atoms with Gasteiger partial charge in [0, 0.05) is 5.75 Å². The number of carbonyl (C=O) groups is 1. The van der Waals surface area contributed by atoms with Crippen molar-refractivity contribution in [1.29, 1.82) is 0 Å². The van der Waals surface area contributed by atoms with Crippen LogP contribution in [0.2, 0.25) is 0 Å². The van der Waals surface area contributed by atoms with Gasteiger partial charge in [-0.15, -0.1) is 0 Å². The molecule has 0 fully saturated rings. The van der Waals surface area contributed by atoms with Crippen molar-refractivity contribution in [2.24, 2.45) is 5.73 Å². The maximum absolute atomic E-state index is 9.65. The Kier molecular flexibility index (Phi) is 2.78. The van der Waals surface area contributed by atoms with Crippen LogP contribution in [0.4, 0.5) is 0 Å². The molecule has 3 nitrogen and oxygen atoms in total. The minimum absolute atomic E-state index is 0.127. The van der Waals surface area contributed by atoms with Crippen LogP contribution in [0.3, 0.4) is 0 Å². The van der Waals surface area contributed by atoms with E-state index < -0.39 is 12.0 Å². The monoisotopic (exact) mass is 120 g/mol. The van der Waals surface area contributed by atoms with Gasteiger partial charge in [-0.3, -0.25) is 0 Å². The highest BCUT2D eigenvalue weighted by Crippen LogP contribution is 1.80. The largest absolute Gasteiger partial charge is 0.372 e. The lowest BCUT2D eigenvalue weighted by molar-refractivity contribution is -0.144. The molecular formula is C3H6NO2S. The van der Waals surface area contributed by atoms with Crippen LogP contribution in [0.25, 0.3) is 0 Å². The van der Waals surface area contributed by atoms with Gasteiger partial charge in [0.1, 0.15) is 6.04 Å². The smallest absolute Gasteiger partial charge is 0.318 e. The van der Waals surface area contributed by atoms with Gasteiger partial charge in [-0.05, 0) is 0 Å². The molecule has 0 spiro atoms. The Morgan fingerprint density at radius 1 is 1.86 bits per heavy atom. The summed E-state index contributed by atoms with van der Waals surface area (Å²) >= 11 is 3.61. The van der Waals surface area contributed by atoms with E-state index in [0.29, 0.717) is 0 Å². The standard InChI is InChI=1S/C3H6NO2S/c4-2(1-7)3(5)6/h2,7H,1,4H2. The van der Waals surface area contributed by atoms with Gasteiger partial charge in [-0.25, -0.2) is 9.90 Å². The van der Waals surface area contributed by atoms with Crippen LogP contribution in [0.1, 0.15) is 0 Å². The van der Waals surface area contributed by atoms with E-state index in [1.165, 1.54) is 0 Å². The Balaban J connectivity index is 3.34. The van der Waals surface area contributed by atoms with E-state index in [1.54, 1.807) is 0 Å². The van der Waals surface area contributed by atoms with Crippen LogP contribution in [-0.4, -0.2) is 17.8 Å². The predicted molar refractivity (Wildman–Crippen MR) is 27.5 cm³/mol. The summed E-state index contributed by atoms with van der Waals surface area (Å²) in [5, 5.41) is 9.65. The molecule has 41 valence electrons. The molecule has 0 rings (SSSR count). The van der Waals surface area contributed by atoms with Gasteiger partial charge >= 0.3 is 5.97 Å². The summed E-state index contributed by atoms with van der Waals surface area (Å²) < 4.78 is 0. The first kappa shape index (κ1) is 6.78. The third-order valence-electron chi connectivity index (χ3n) is 0.499. The molecule has 0 amide bonds. The zero-order valence-electron chi connectivity index (χ0n) is 3.63. The number of thiol groups is 1. The van der Waals surface area contributed by atoms with Crippen molar-refractivity contribution >= 4 is 18.6 Å². The molecule has 1 radical (unpaired) electrons. The van der Waals surface area contributed by atoms with Crippen molar-refractivity contribution in [1.82, 2.24) is 0 Å². The molecule has 2 N–H and O–H groups in total. The predicted octanol–water partition coefficient (Wildman–Crippen LogP) is -0.799. The van der Waals surface area contributed by atoms with Crippen molar-refractivity contribution in [2.45, 2.75) is 6.04 Å². The van der Waals surface area contributed by atoms with E-state index in [2.05, 4.69) is 12.6 Å². The first-order valence-corrected chi connectivity index (χ1v) is 2.39. The molecule has 1 atom stereocenters. The third-order valence-corrected chi connectivity index (χ3v) is 0.893. The van der Waals surface area contributed by atoms with Gasteiger partial charge in [-0.2, -0.15) is 12.6 Å². The SMILES string of the molecule is NC(CS)C([O])=O. The molecule has 0 aromatic heterocycles. The summed E-state index contributed by atoms with van der Waals surface area (Å²) in [5.41, 5.74) is 4.88. The Morgan fingerprint density at radius 3 is 2.29 bits per heavy atom. The summed E-state index contributed by atoms with van der Waals surface area (Å²) in [5.74, 6) is -1.13. The normalized spacial score (nSPS) is 13.4. The molecule has 1 unspecified atom stereocenters. The van der Waals surface area contributed by atoms with Crippen LogP contribution in [0.15, 0.2) is 0 Å². The maximum Gasteiger partial charge on any atom is 0.372 e. The highest BCUT2D eigenvalue weighted by atomic mass is 32.1. The summed E-state index contributed by atoms with van der Waals surface area (Å²) in [4.78, 5) is 9.65. The second kappa shape index (κ2) is 2.87. The zero-order valence-corrected chi connectivity index (χ0v) is 4.52. The van der Waals surface area contributed by atoms with Crippen molar-refractivity contribution in [2.75, 3.05) is 5.75 Å². The quantitative estimate of drug-likeness (QED) is 0.469. The molecule has 4 heteroatoms. The van der Waals surface area contributed by atoms with E-state index in [-0.39, 0.29) is 5.75 Å². The van der Waals surface area contributed by atoms with E-state index in [0.717, 1.165) is 0 Å².